The van der Waals surface area contributed by atoms with Crippen molar-refractivity contribution in [3.8, 4) is 0 Å². The summed E-state index contributed by atoms with van der Waals surface area (Å²) in [6, 6.07) is 0.873. The van der Waals surface area contributed by atoms with E-state index in [1.165, 1.54) is 5.57 Å². The SMILES string of the molecule is CC(CN)NC1CC=CC2=CC=CC(N)C21. The molecule has 5 N–H and O–H groups in total. The first-order valence-electron chi connectivity index (χ1n) is 5.99. The normalized spacial score (nSPS) is 34.4. The summed E-state index contributed by atoms with van der Waals surface area (Å²) in [4.78, 5) is 0. The molecule has 0 fully saturated rings. The van der Waals surface area contributed by atoms with Crippen molar-refractivity contribution in [1.82, 2.24) is 5.32 Å². The largest absolute Gasteiger partial charge is 0.329 e. The summed E-state index contributed by atoms with van der Waals surface area (Å²) < 4.78 is 0. The Morgan fingerprint density at radius 2 is 2.38 bits per heavy atom. The molecule has 0 radical (unpaired) electrons. The second-order valence-electron chi connectivity index (χ2n) is 4.70. The van der Waals surface area contributed by atoms with Crippen LogP contribution in [0.3, 0.4) is 0 Å². The molecule has 3 heteroatoms. The maximum atomic E-state index is 6.16. The molecule has 0 aromatic rings. The number of allylic oxidation sites excluding steroid dienone is 3. The molecule has 2 aliphatic rings. The number of rotatable bonds is 3. The summed E-state index contributed by atoms with van der Waals surface area (Å²) in [5.74, 6) is 0.393. The lowest BCUT2D eigenvalue weighted by atomic mass is 9.77. The van der Waals surface area contributed by atoms with Crippen molar-refractivity contribution in [1.29, 1.82) is 0 Å². The van der Waals surface area contributed by atoms with Gasteiger partial charge in [-0.1, -0.05) is 30.4 Å². The van der Waals surface area contributed by atoms with Gasteiger partial charge in [-0.2, -0.15) is 0 Å². The molecule has 2 rings (SSSR count). The zero-order valence-corrected chi connectivity index (χ0v) is 9.77. The highest BCUT2D eigenvalue weighted by atomic mass is 15.0. The Kier molecular flexibility index (Phi) is 3.59. The van der Waals surface area contributed by atoms with E-state index in [2.05, 4.69) is 42.6 Å². The van der Waals surface area contributed by atoms with E-state index in [1.54, 1.807) is 0 Å². The molecule has 0 aromatic carbocycles. The predicted octanol–water partition coefficient (Wildman–Crippen LogP) is 0.691. The first-order valence-corrected chi connectivity index (χ1v) is 5.99. The first-order chi connectivity index (χ1) is 7.72. The molecule has 0 saturated heterocycles. The fourth-order valence-electron chi connectivity index (χ4n) is 2.52. The van der Waals surface area contributed by atoms with Crippen LogP contribution in [-0.4, -0.2) is 24.7 Å². The van der Waals surface area contributed by atoms with E-state index in [9.17, 15) is 0 Å². The molecule has 4 unspecified atom stereocenters. The number of nitrogens with two attached hydrogens (primary N) is 2. The lowest BCUT2D eigenvalue weighted by Crippen LogP contribution is -2.51. The third kappa shape index (κ3) is 2.26. The second-order valence-corrected chi connectivity index (χ2v) is 4.70. The molecule has 0 bridgehead atoms. The van der Waals surface area contributed by atoms with Crippen molar-refractivity contribution in [3.05, 3.63) is 36.0 Å². The summed E-state index contributed by atoms with van der Waals surface area (Å²) in [6.45, 7) is 2.78. The molecule has 0 heterocycles. The molecule has 4 atom stereocenters. The fourth-order valence-corrected chi connectivity index (χ4v) is 2.52. The zero-order valence-electron chi connectivity index (χ0n) is 9.77. The van der Waals surface area contributed by atoms with Gasteiger partial charge in [0, 0.05) is 30.6 Å². The number of hydrogen-bond acceptors (Lipinski definition) is 3. The average molecular weight is 219 g/mol. The van der Waals surface area contributed by atoms with Crippen molar-refractivity contribution < 1.29 is 0 Å². The van der Waals surface area contributed by atoms with Gasteiger partial charge in [-0.05, 0) is 18.9 Å². The lowest BCUT2D eigenvalue weighted by molar-refractivity contribution is 0.336. The summed E-state index contributed by atoms with van der Waals surface area (Å²) >= 11 is 0. The fraction of sp³-hybridized carbons (Fsp3) is 0.538. The van der Waals surface area contributed by atoms with Crippen molar-refractivity contribution in [2.24, 2.45) is 17.4 Å². The minimum Gasteiger partial charge on any atom is -0.329 e. The maximum Gasteiger partial charge on any atom is 0.0311 e. The van der Waals surface area contributed by atoms with Crippen molar-refractivity contribution in [2.75, 3.05) is 6.54 Å². The van der Waals surface area contributed by atoms with E-state index >= 15 is 0 Å². The Hall–Kier alpha value is -0.900. The number of hydrogen-bond donors (Lipinski definition) is 3. The van der Waals surface area contributed by atoms with Gasteiger partial charge in [0.1, 0.15) is 0 Å². The van der Waals surface area contributed by atoms with Crippen molar-refractivity contribution in [2.45, 2.75) is 31.5 Å². The van der Waals surface area contributed by atoms with Gasteiger partial charge in [0.25, 0.3) is 0 Å². The van der Waals surface area contributed by atoms with Crippen LogP contribution in [-0.2, 0) is 0 Å². The molecule has 0 aliphatic heterocycles. The molecule has 16 heavy (non-hydrogen) atoms. The van der Waals surface area contributed by atoms with Crippen LogP contribution >= 0.6 is 0 Å². The monoisotopic (exact) mass is 219 g/mol. The van der Waals surface area contributed by atoms with Gasteiger partial charge in [-0.15, -0.1) is 0 Å². The Labute approximate surface area is 97.3 Å². The van der Waals surface area contributed by atoms with Gasteiger partial charge in [-0.3, -0.25) is 0 Å². The molecule has 0 saturated carbocycles. The van der Waals surface area contributed by atoms with E-state index < -0.39 is 0 Å². The summed E-state index contributed by atoms with van der Waals surface area (Å²) in [6.07, 6.45) is 11.7. The van der Waals surface area contributed by atoms with E-state index in [1.807, 2.05) is 0 Å². The van der Waals surface area contributed by atoms with Gasteiger partial charge in [0.05, 0.1) is 0 Å². The molecule has 88 valence electrons. The van der Waals surface area contributed by atoms with Crippen LogP contribution in [0.4, 0.5) is 0 Å². The third-order valence-corrected chi connectivity index (χ3v) is 3.41. The minimum absolute atomic E-state index is 0.118. The molecular formula is C13H21N3. The Morgan fingerprint density at radius 3 is 3.12 bits per heavy atom. The van der Waals surface area contributed by atoms with Crippen molar-refractivity contribution in [3.63, 3.8) is 0 Å². The third-order valence-electron chi connectivity index (χ3n) is 3.41. The predicted molar refractivity (Wildman–Crippen MR) is 67.9 cm³/mol. The number of nitrogens with one attached hydrogen (secondary N) is 1. The summed E-state index contributed by atoms with van der Waals surface area (Å²) in [7, 11) is 0. The standard InChI is InChI=1S/C13H21N3/c1-9(8-14)16-12-7-3-5-10-4-2-6-11(15)13(10)12/h2-6,9,11-13,16H,7-8,14-15H2,1H3. The Morgan fingerprint density at radius 1 is 1.56 bits per heavy atom. The maximum absolute atomic E-state index is 6.16. The topological polar surface area (TPSA) is 64.1 Å². The first kappa shape index (κ1) is 11.6. The average Bonchev–Trinajstić information content (AvgIpc) is 2.29. The quantitative estimate of drug-likeness (QED) is 0.654. The molecule has 0 aromatic heterocycles. The molecule has 0 amide bonds. The van der Waals surface area contributed by atoms with Crippen LogP contribution in [0.15, 0.2) is 36.0 Å². The Bertz CT molecular complexity index is 330. The number of fused-ring (bicyclic) bond motifs is 1. The molecule has 0 spiro atoms. The van der Waals surface area contributed by atoms with E-state index in [0.717, 1.165) is 6.42 Å². The van der Waals surface area contributed by atoms with Gasteiger partial charge in [0.2, 0.25) is 0 Å². The van der Waals surface area contributed by atoms with E-state index in [4.69, 9.17) is 11.5 Å². The van der Waals surface area contributed by atoms with E-state index in [-0.39, 0.29) is 6.04 Å². The van der Waals surface area contributed by atoms with Crippen LogP contribution in [0.2, 0.25) is 0 Å². The Balaban J connectivity index is 2.13. The summed E-state index contributed by atoms with van der Waals surface area (Å²) in [5.41, 5.74) is 13.2. The van der Waals surface area contributed by atoms with Gasteiger partial charge < -0.3 is 16.8 Å². The zero-order chi connectivity index (χ0) is 11.5. The van der Waals surface area contributed by atoms with E-state index in [0.29, 0.717) is 24.5 Å². The van der Waals surface area contributed by atoms with Crippen LogP contribution in [0, 0.1) is 5.92 Å². The van der Waals surface area contributed by atoms with Crippen LogP contribution in [0.1, 0.15) is 13.3 Å². The lowest BCUT2D eigenvalue weighted by Gasteiger charge is -2.37. The van der Waals surface area contributed by atoms with Crippen LogP contribution in [0.25, 0.3) is 0 Å². The van der Waals surface area contributed by atoms with Crippen LogP contribution in [0.5, 0.6) is 0 Å². The highest BCUT2D eigenvalue weighted by Gasteiger charge is 2.31. The van der Waals surface area contributed by atoms with Crippen LogP contribution < -0.4 is 16.8 Å². The highest BCUT2D eigenvalue weighted by molar-refractivity contribution is 5.37. The molecular weight excluding hydrogens is 198 g/mol. The van der Waals surface area contributed by atoms with Gasteiger partial charge >= 0.3 is 0 Å². The van der Waals surface area contributed by atoms with Gasteiger partial charge in [0.15, 0.2) is 0 Å². The second kappa shape index (κ2) is 4.95. The minimum atomic E-state index is 0.118. The summed E-state index contributed by atoms with van der Waals surface area (Å²) in [5, 5.41) is 3.57. The highest BCUT2D eigenvalue weighted by Crippen LogP contribution is 2.30. The van der Waals surface area contributed by atoms with Gasteiger partial charge in [-0.25, -0.2) is 0 Å². The molecule has 3 nitrogen and oxygen atoms in total. The molecule has 2 aliphatic carbocycles. The smallest absolute Gasteiger partial charge is 0.0311 e. The van der Waals surface area contributed by atoms with Crippen molar-refractivity contribution >= 4 is 0 Å².